The first-order valence-electron chi connectivity index (χ1n) is 8.60. The molecule has 0 bridgehead atoms. The number of hydrogen-bond donors (Lipinski definition) is 2. The summed E-state index contributed by atoms with van der Waals surface area (Å²) < 4.78 is 5.42. The Kier molecular flexibility index (Phi) is 7.32. The number of rotatable bonds is 5. The van der Waals surface area contributed by atoms with Gasteiger partial charge in [0.2, 0.25) is 5.91 Å². The molecule has 0 saturated carbocycles. The molecule has 134 valence electrons. The van der Waals surface area contributed by atoms with Crippen LogP contribution in [-0.4, -0.2) is 54.2 Å². The van der Waals surface area contributed by atoms with E-state index in [9.17, 15) is 9.59 Å². The summed E-state index contributed by atoms with van der Waals surface area (Å²) in [7, 11) is 0. The minimum atomic E-state index is -0.485. The molecule has 6 heteroatoms. The van der Waals surface area contributed by atoms with Crippen LogP contribution in [0.25, 0.3) is 0 Å². The number of carbonyl (C=O) groups excluding carboxylic acids is 2. The maximum atomic E-state index is 12.2. The maximum absolute atomic E-state index is 12.2. The highest BCUT2D eigenvalue weighted by Crippen LogP contribution is 2.15. The van der Waals surface area contributed by atoms with Crippen molar-refractivity contribution in [1.29, 1.82) is 0 Å². The molecule has 2 atom stereocenters. The first-order chi connectivity index (χ1) is 10.6. The van der Waals surface area contributed by atoms with Gasteiger partial charge in [-0.05, 0) is 46.5 Å². The summed E-state index contributed by atoms with van der Waals surface area (Å²) in [6, 6.07) is -0.145. The Bertz CT molecular complexity index is 404. The van der Waals surface area contributed by atoms with Gasteiger partial charge in [-0.15, -0.1) is 0 Å². The third-order valence-electron chi connectivity index (χ3n) is 3.64. The third-order valence-corrected chi connectivity index (χ3v) is 3.64. The molecule has 0 aliphatic carbocycles. The maximum Gasteiger partial charge on any atom is 0.410 e. The van der Waals surface area contributed by atoms with E-state index in [1.165, 1.54) is 0 Å². The monoisotopic (exact) mass is 327 g/mol. The predicted octanol–water partition coefficient (Wildman–Crippen LogP) is 2.14. The van der Waals surface area contributed by atoms with Crippen molar-refractivity contribution in [2.24, 2.45) is 5.92 Å². The number of carbonyl (C=O) groups is 2. The van der Waals surface area contributed by atoms with Crippen LogP contribution in [0.15, 0.2) is 0 Å². The molecule has 0 spiro atoms. The SMILES string of the molecule is CC(C)CNC(=O)C(C)NC1CCCN(C(=O)OC(C)(C)C)C1. The molecule has 0 radical (unpaired) electrons. The largest absolute Gasteiger partial charge is 0.444 e. The number of likely N-dealkylation sites (tertiary alicyclic amines) is 1. The first-order valence-corrected chi connectivity index (χ1v) is 8.60. The summed E-state index contributed by atoms with van der Waals surface area (Å²) in [4.78, 5) is 25.9. The summed E-state index contributed by atoms with van der Waals surface area (Å²) >= 11 is 0. The molecule has 0 aromatic carbocycles. The van der Waals surface area contributed by atoms with Crippen LogP contribution >= 0.6 is 0 Å². The summed E-state index contributed by atoms with van der Waals surface area (Å²) in [6.07, 6.45) is 1.60. The second-order valence-corrected chi connectivity index (χ2v) is 7.79. The van der Waals surface area contributed by atoms with Crippen molar-refractivity contribution in [1.82, 2.24) is 15.5 Å². The number of nitrogens with one attached hydrogen (secondary N) is 2. The number of nitrogens with zero attached hydrogens (tertiary/aromatic N) is 1. The van der Waals surface area contributed by atoms with Crippen LogP contribution in [0.2, 0.25) is 0 Å². The van der Waals surface area contributed by atoms with Gasteiger partial charge in [-0.1, -0.05) is 13.8 Å². The minimum Gasteiger partial charge on any atom is -0.444 e. The fourth-order valence-corrected chi connectivity index (χ4v) is 2.49. The van der Waals surface area contributed by atoms with Crippen LogP contribution in [0.5, 0.6) is 0 Å². The number of ether oxygens (including phenoxy) is 1. The van der Waals surface area contributed by atoms with E-state index in [2.05, 4.69) is 24.5 Å². The van der Waals surface area contributed by atoms with Crippen molar-refractivity contribution >= 4 is 12.0 Å². The summed E-state index contributed by atoms with van der Waals surface area (Å²) in [5, 5.41) is 6.26. The molecule has 1 heterocycles. The van der Waals surface area contributed by atoms with Crippen molar-refractivity contribution in [2.75, 3.05) is 19.6 Å². The van der Waals surface area contributed by atoms with Crippen LogP contribution in [0, 0.1) is 5.92 Å². The molecule has 0 aromatic heterocycles. The fourth-order valence-electron chi connectivity index (χ4n) is 2.49. The summed E-state index contributed by atoms with van der Waals surface area (Å²) in [5.41, 5.74) is -0.485. The molecule has 6 nitrogen and oxygen atoms in total. The molecule has 1 aliphatic heterocycles. The minimum absolute atomic E-state index is 0.00749. The van der Waals surface area contributed by atoms with Crippen molar-refractivity contribution in [2.45, 2.75) is 72.1 Å². The molecule has 1 aliphatic rings. The second-order valence-electron chi connectivity index (χ2n) is 7.79. The highest BCUT2D eigenvalue weighted by Gasteiger charge is 2.29. The molecular weight excluding hydrogens is 294 g/mol. The molecule has 2 unspecified atom stereocenters. The topological polar surface area (TPSA) is 70.7 Å². The Balaban J connectivity index is 2.45. The summed E-state index contributed by atoms with van der Waals surface area (Å²) in [5.74, 6) is 0.441. The summed E-state index contributed by atoms with van der Waals surface area (Å²) in [6.45, 7) is 13.6. The van der Waals surface area contributed by atoms with E-state index in [0.29, 0.717) is 25.6 Å². The third kappa shape index (κ3) is 7.68. The van der Waals surface area contributed by atoms with E-state index in [1.807, 2.05) is 27.7 Å². The van der Waals surface area contributed by atoms with E-state index < -0.39 is 5.60 Å². The van der Waals surface area contributed by atoms with Crippen LogP contribution < -0.4 is 10.6 Å². The lowest BCUT2D eigenvalue weighted by atomic mass is 10.0. The van der Waals surface area contributed by atoms with Gasteiger partial charge in [-0.25, -0.2) is 4.79 Å². The van der Waals surface area contributed by atoms with Gasteiger partial charge in [0.25, 0.3) is 0 Å². The molecule has 1 rings (SSSR count). The Morgan fingerprint density at radius 2 is 1.91 bits per heavy atom. The Morgan fingerprint density at radius 1 is 1.26 bits per heavy atom. The second kappa shape index (κ2) is 8.52. The van der Waals surface area contributed by atoms with Gasteiger partial charge >= 0.3 is 6.09 Å². The lowest BCUT2D eigenvalue weighted by Crippen LogP contribution is -2.54. The van der Waals surface area contributed by atoms with Crippen LogP contribution in [0.1, 0.15) is 54.4 Å². The van der Waals surface area contributed by atoms with Crippen molar-refractivity contribution in [3.63, 3.8) is 0 Å². The molecule has 1 fully saturated rings. The lowest BCUT2D eigenvalue weighted by Gasteiger charge is -2.35. The molecule has 1 saturated heterocycles. The first kappa shape index (κ1) is 19.7. The van der Waals surface area contributed by atoms with Gasteiger partial charge in [0, 0.05) is 25.7 Å². The molecule has 2 N–H and O–H groups in total. The molecule has 23 heavy (non-hydrogen) atoms. The van der Waals surface area contributed by atoms with Gasteiger partial charge in [0.05, 0.1) is 6.04 Å². The Hall–Kier alpha value is -1.30. The Morgan fingerprint density at radius 3 is 2.48 bits per heavy atom. The predicted molar refractivity (Wildman–Crippen MR) is 91.3 cm³/mol. The van der Waals surface area contributed by atoms with Crippen LogP contribution in [0.3, 0.4) is 0 Å². The van der Waals surface area contributed by atoms with Gasteiger partial charge < -0.3 is 20.3 Å². The lowest BCUT2D eigenvalue weighted by molar-refractivity contribution is -0.123. The van der Waals surface area contributed by atoms with Crippen LogP contribution in [0.4, 0.5) is 4.79 Å². The molecular formula is C17H33N3O3. The number of hydrogen-bond acceptors (Lipinski definition) is 4. The van der Waals surface area contributed by atoms with Gasteiger partial charge in [-0.2, -0.15) is 0 Å². The van der Waals surface area contributed by atoms with Gasteiger partial charge in [0.15, 0.2) is 0 Å². The average Bonchev–Trinajstić information content (AvgIpc) is 2.43. The van der Waals surface area contributed by atoms with E-state index in [-0.39, 0.29) is 24.1 Å². The number of piperidine rings is 1. The zero-order chi connectivity index (χ0) is 17.6. The molecule has 0 aromatic rings. The highest BCUT2D eigenvalue weighted by molar-refractivity contribution is 5.81. The van der Waals surface area contributed by atoms with E-state index in [1.54, 1.807) is 4.90 Å². The van der Waals surface area contributed by atoms with Gasteiger partial charge in [0.1, 0.15) is 5.60 Å². The van der Waals surface area contributed by atoms with E-state index >= 15 is 0 Å². The fraction of sp³-hybridized carbons (Fsp3) is 0.882. The zero-order valence-electron chi connectivity index (χ0n) is 15.4. The van der Waals surface area contributed by atoms with Crippen molar-refractivity contribution in [3.8, 4) is 0 Å². The quantitative estimate of drug-likeness (QED) is 0.811. The van der Waals surface area contributed by atoms with Crippen LogP contribution in [-0.2, 0) is 9.53 Å². The van der Waals surface area contributed by atoms with Gasteiger partial charge in [-0.3, -0.25) is 4.79 Å². The van der Waals surface area contributed by atoms with E-state index in [4.69, 9.17) is 4.74 Å². The molecule has 2 amide bonds. The zero-order valence-corrected chi connectivity index (χ0v) is 15.4. The van der Waals surface area contributed by atoms with Crippen molar-refractivity contribution in [3.05, 3.63) is 0 Å². The van der Waals surface area contributed by atoms with E-state index in [0.717, 1.165) is 12.8 Å². The Labute approximate surface area is 140 Å². The normalized spacial score (nSPS) is 20.3. The smallest absolute Gasteiger partial charge is 0.410 e. The number of amides is 2. The van der Waals surface area contributed by atoms with Crippen molar-refractivity contribution < 1.29 is 14.3 Å². The highest BCUT2D eigenvalue weighted by atomic mass is 16.6. The average molecular weight is 327 g/mol. The standard InChI is InChI=1S/C17H33N3O3/c1-12(2)10-18-15(21)13(3)19-14-8-7-9-20(11-14)16(22)23-17(4,5)6/h12-14,19H,7-11H2,1-6H3,(H,18,21).